The summed E-state index contributed by atoms with van der Waals surface area (Å²) in [4.78, 5) is 14.6. The molecular formula is C29H29N3O6S. The number of rotatable bonds is 9. The lowest BCUT2D eigenvalue weighted by molar-refractivity contribution is -0.124. The molecule has 4 aromatic rings. The second-order valence-electron chi connectivity index (χ2n) is 9.41. The van der Waals surface area contributed by atoms with Crippen LogP contribution in [-0.2, 0) is 27.7 Å². The van der Waals surface area contributed by atoms with Gasteiger partial charge in [0.05, 0.1) is 18.0 Å². The van der Waals surface area contributed by atoms with Gasteiger partial charge in [0.2, 0.25) is 10.0 Å². The van der Waals surface area contributed by atoms with Crippen LogP contribution in [0.1, 0.15) is 34.7 Å². The van der Waals surface area contributed by atoms with Gasteiger partial charge in [0.25, 0.3) is 5.91 Å². The maximum absolute atomic E-state index is 14.0. The monoisotopic (exact) mass is 547 g/mol. The molecule has 0 aliphatic heterocycles. The molecule has 0 radical (unpaired) electrons. The first-order valence-corrected chi connectivity index (χ1v) is 13.9. The fraction of sp³-hybridized carbons (Fsp3) is 0.207. The first kappa shape index (κ1) is 26.5. The van der Waals surface area contributed by atoms with Crippen LogP contribution in [0, 0.1) is 0 Å². The number of methoxy groups -OCH3 is 1. The van der Waals surface area contributed by atoms with Gasteiger partial charge in [-0.25, -0.2) is 13.9 Å². The second kappa shape index (κ2) is 10.9. The minimum absolute atomic E-state index is 0.0363. The van der Waals surface area contributed by atoms with Crippen LogP contribution in [0.5, 0.6) is 11.5 Å². The number of fused-ring (bicyclic) bond motifs is 2. The van der Waals surface area contributed by atoms with Crippen LogP contribution in [0.25, 0.3) is 17.0 Å². The van der Waals surface area contributed by atoms with Gasteiger partial charge in [-0.3, -0.25) is 10.0 Å². The predicted octanol–water partition coefficient (Wildman–Crippen LogP) is 4.32. The molecule has 1 amide bonds. The molecule has 0 bridgehead atoms. The van der Waals surface area contributed by atoms with Crippen molar-refractivity contribution in [1.82, 2.24) is 14.8 Å². The molecule has 1 heterocycles. The van der Waals surface area contributed by atoms with E-state index < -0.39 is 22.0 Å². The molecule has 1 unspecified atom stereocenters. The Morgan fingerprint density at radius 1 is 1.18 bits per heavy atom. The fourth-order valence-corrected chi connectivity index (χ4v) is 6.86. The summed E-state index contributed by atoms with van der Waals surface area (Å²) in [6.07, 6.45) is 6.46. The fourth-order valence-electron chi connectivity index (χ4n) is 5.18. The number of hydrogen-bond donors (Lipinski definition) is 4. The van der Waals surface area contributed by atoms with E-state index in [0.717, 1.165) is 38.9 Å². The van der Waals surface area contributed by atoms with Crippen LogP contribution in [0.15, 0.2) is 77.8 Å². The highest BCUT2D eigenvalue weighted by atomic mass is 32.2. The Bertz CT molecular complexity index is 1660. The summed E-state index contributed by atoms with van der Waals surface area (Å²) in [7, 11) is -2.34. The number of hydrogen-bond acceptors (Lipinski definition) is 6. The zero-order chi connectivity index (χ0) is 27.6. The Labute approximate surface area is 226 Å². The summed E-state index contributed by atoms with van der Waals surface area (Å²) < 4.78 is 34.8. The largest absolute Gasteiger partial charge is 0.508 e. The van der Waals surface area contributed by atoms with E-state index in [2.05, 4.69) is 4.98 Å². The van der Waals surface area contributed by atoms with Crippen molar-refractivity contribution >= 4 is 32.9 Å². The minimum Gasteiger partial charge on any atom is -0.508 e. The number of hydroxylamine groups is 1. The van der Waals surface area contributed by atoms with Gasteiger partial charge in [-0.05, 0) is 77.9 Å². The van der Waals surface area contributed by atoms with Crippen molar-refractivity contribution in [1.29, 1.82) is 0 Å². The van der Waals surface area contributed by atoms with Crippen LogP contribution >= 0.6 is 0 Å². The Balaban J connectivity index is 1.49. The van der Waals surface area contributed by atoms with Gasteiger partial charge < -0.3 is 14.8 Å². The number of carbonyl (C=O) groups excluding carboxylic acids is 1. The van der Waals surface area contributed by atoms with Gasteiger partial charge in [-0.1, -0.05) is 24.3 Å². The average molecular weight is 548 g/mol. The molecule has 3 aromatic carbocycles. The number of aromatic amines is 1. The minimum atomic E-state index is -3.95. The molecule has 202 valence electrons. The molecule has 1 aromatic heterocycles. The van der Waals surface area contributed by atoms with Crippen LogP contribution in [0.3, 0.4) is 0 Å². The van der Waals surface area contributed by atoms with Crippen molar-refractivity contribution in [2.24, 2.45) is 0 Å². The molecule has 4 N–H and O–H groups in total. The zero-order valence-electron chi connectivity index (χ0n) is 21.3. The maximum atomic E-state index is 14.0. The number of amides is 1. The van der Waals surface area contributed by atoms with Gasteiger partial charge >= 0.3 is 0 Å². The number of aromatic nitrogens is 1. The number of H-pyrrole nitrogens is 1. The van der Waals surface area contributed by atoms with Gasteiger partial charge in [-0.2, -0.15) is 4.31 Å². The van der Waals surface area contributed by atoms with Crippen LogP contribution < -0.4 is 10.2 Å². The SMILES string of the molecule is COc1ccc2c(CCN(C3CCc4cc(/C=C/C(=O)NO)ccc43)S(=O)(=O)c3cccc(O)c3)c[nH]c2c1. The quantitative estimate of drug-likeness (QED) is 0.140. The lowest BCUT2D eigenvalue weighted by Gasteiger charge is -2.29. The molecule has 39 heavy (non-hydrogen) atoms. The average Bonchev–Trinajstić information content (AvgIpc) is 3.55. The molecule has 1 aliphatic carbocycles. The molecule has 0 spiro atoms. The standard InChI is InChI=1S/C29H29N3O6S/c1-38-23-8-10-25-21(18-30-27(25)17-23)13-14-32(39(36,37)24-4-2-3-22(33)16-24)28-11-7-20-15-19(5-9-26(20)28)6-12-29(34)31-35/h2-6,8-10,12,15-18,28,30,33,35H,7,11,13-14H2,1H3,(H,31,34)/b12-6+. The molecule has 1 atom stereocenters. The number of nitrogens with one attached hydrogen (secondary N) is 2. The van der Waals surface area contributed by atoms with Crippen LogP contribution in [0.2, 0.25) is 0 Å². The Kier molecular flexibility index (Phi) is 7.42. The number of nitrogens with zero attached hydrogens (tertiary/aromatic N) is 1. The third-order valence-corrected chi connectivity index (χ3v) is 9.00. The maximum Gasteiger partial charge on any atom is 0.267 e. The van der Waals surface area contributed by atoms with Gasteiger partial charge in [0, 0.05) is 35.8 Å². The highest BCUT2D eigenvalue weighted by molar-refractivity contribution is 7.89. The van der Waals surface area contributed by atoms with E-state index in [0.29, 0.717) is 19.3 Å². The summed E-state index contributed by atoms with van der Waals surface area (Å²) >= 11 is 0. The lowest BCUT2D eigenvalue weighted by Crippen LogP contribution is -2.35. The van der Waals surface area contributed by atoms with Gasteiger partial charge in [0.15, 0.2) is 0 Å². The van der Waals surface area contributed by atoms with Crippen molar-refractivity contribution in [2.45, 2.75) is 30.2 Å². The van der Waals surface area contributed by atoms with E-state index in [-0.39, 0.29) is 17.2 Å². The molecule has 0 fully saturated rings. The number of aromatic hydroxyl groups is 1. The van der Waals surface area contributed by atoms with E-state index in [1.165, 1.54) is 34.6 Å². The number of benzene rings is 3. The molecule has 10 heteroatoms. The van der Waals surface area contributed by atoms with E-state index in [1.54, 1.807) is 18.7 Å². The summed E-state index contributed by atoms with van der Waals surface area (Å²) in [5, 5.41) is 19.7. The van der Waals surface area contributed by atoms with Gasteiger partial charge in [0.1, 0.15) is 11.5 Å². The van der Waals surface area contributed by atoms with E-state index in [9.17, 15) is 18.3 Å². The number of carbonyl (C=O) groups is 1. The Morgan fingerprint density at radius 3 is 2.79 bits per heavy atom. The normalized spacial score (nSPS) is 15.2. The second-order valence-corrected chi connectivity index (χ2v) is 11.3. The lowest BCUT2D eigenvalue weighted by atomic mass is 10.0. The third kappa shape index (κ3) is 5.40. The summed E-state index contributed by atoms with van der Waals surface area (Å²) in [6.45, 7) is 0.236. The zero-order valence-corrected chi connectivity index (χ0v) is 22.1. The number of aryl methyl sites for hydroxylation is 1. The van der Waals surface area contributed by atoms with E-state index in [4.69, 9.17) is 9.94 Å². The number of sulfonamides is 1. The summed E-state index contributed by atoms with van der Waals surface area (Å²) in [6, 6.07) is 16.7. The molecule has 9 nitrogen and oxygen atoms in total. The Hall–Kier alpha value is -4.12. The van der Waals surface area contributed by atoms with Crippen LogP contribution in [0.4, 0.5) is 0 Å². The van der Waals surface area contributed by atoms with Crippen molar-refractivity contribution in [3.63, 3.8) is 0 Å². The molecule has 0 saturated heterocycles. The number of phenolic OH excluding ortho intramolecular Hbond substituents is 1. The van der Waals surface area contributed by atoms with Crippen LogP contribution in [-0.4, -0.2) is 47.6 Å². The number of ether oxygens (including phenoxy) is 1. The molecule has 5 rings (SSSR count). The van der Waals surface area contributed by atoms with E-state index in [1.807, 2.05) is 42.6 Å². The van der Waals surface area contributed by atoms with Crippen molar-refractivity contribution < 1.29 is 28.3 Å². The van der Waals surface area contributed by atoms with Crippen molar-refractivity contribution in [3.8, 4) is 11.5 Å². The van der Waals surface area contributed by atoms with Crippen molar-refractivity contribution in [3.05, 3.63) is 95.2 Å². The topological polar surface area (TPSA) is 132 Å². The summed E-state index contributed by atoms with van der Waals surface area (Å²) in [5.41, 5.74) is 6.15. The third-order valence-electron chi connectivity index (χ3n) is 7.10. The van der Waals surface area contributed by atoms with E-state index >= 15 is 0 Å². The molecule has 1 aliphatic rings. The molecule has 0 saturated carbocycles. The van der Waals surface area contributed by atoms with Crippen molar-refractivity contribution in [2.75, 3.05) is 13.7 Å². The number of phenols is 1. The Morgan fingerprint density at radius 2 is 2.03 bits per heavy atom. The summed E-state index contributed by atoms with van der Waals surface area (Å²) in [5.74, 6) is -0.0120. The first-order chi connectivity index (χ1) is 18.8. The first-order valence-electron chi connectivity index (χ1n) is 12.5. The van der Waals surface area contributed by atoms with Gasteiger partial charge in [-0.15, -0.1) is 0 Å². The smallest absolute Gasteiger partial charge is 0.267 e. The highest BCUT2D eigenvalue weighted by Crippen LogP contribution is 2.40. The molecular weight excluding hydrogens is 518 g/mol. The predicted molar refractivity (Wildman–Crippen MR) is 147 cm³/mol. The highest BCUT2D eigenvalue weighted by Gasteiger charge is 2.36.